The van der Waals surface area contributed by atoms with E-state index in [2.05, 4.69) is 50.1 Å². The molecule has 2 atom stereocenters. The Bertz CT molecular complexity index is 577. The summed E-state index contributed by atoms with van der Waals surface area (Å²) in [5.41, 5.74) is 1.30. The van der Waals surface area contributed by atoms with Crippen LogP contribution in [0.4, 0.5) is 0 Å². The monoisotopic (exact) mass is 437 g/mol. The highest BCUT2D eigenvalue weighted by Crippen LogP contribution is 2.34. The van der Waals surface area contributed by atoms with E-state index in [-0.39, 0.29) is 0 Å². The van der Waals surface area contributed by atoms with Crippen LogP contribution < -0.4 is 0 Å². The molecule has 0 bridgehead atoms. The Hall–Kier alpha value is 0.0900. The van der Waals surface area contributed by atoms with Gasteiger partial charge in [0.05, 0.1) is 6.26 Å². The molecule has 2 rings (SSSR count). The van der Waals surface area contributed by atoms with Gasteiger partial charge >= 0.3 is 0 Å². The molecule has 0 aromatic heterocycles. The summed E-state index contributed by atoms with van der Waals surface area (Å²) in [6.07, 6.45) is 4.40. The van der Waals surface area contributed by atoms with Crippen LogP contribution in [0.15, 0.2) is 28.7 Å². The van der Waals surface area contributed by atoms with Gasteiger partial charge in [0.2, 0.25) is 10.0 Å². The van der Waals surface area contributed by atoms with E-state index in [1.54, 1.807) is 4.31 Å². The maximum absolute atomic E-state index is 11.7. The van der Waals surface area contributed by atoms with Gasteiger partial charge in [-0.3, -0.25) is 0 Å². The molecule has 0 spiro atoms. The fourth-order valence-corrected chi connectivity index (χ4v) is 5.17. The molecule has 2 unspecified atom stereocenters. The van der Waals surface area contributed by atoms with E-state index >= 15 is 0 Å². The highest BCUT2D eigenvalue weighted by Gasteiger charge is 2.28. The number of alkyl halides is 1. The van der Waals surface area contributed by atoms with Crippen LogP contribution in [0.2, 0.25) is 0 Å². The van der Waals surface area contributed by atoms with E-state index in [1.165, 1.54) is 11.8 Å². The predicted molar refractivity (Wildman–Crippen MR) is 94.4 cm³/mol. The lowest BCUT2D eigenvalue weighted by atomic mass is 9.86. The topological polar surface area (TPSA) is 37.4 Å². The van der Waals surface area contributed by atoms with E-state index in [1.807, 2.05) is 6.07 Å². The second-order valence-electron chi connectivity index (χ2n) is 5.74. The Kier molecular flexibility index (Phi) is 6.29. The number of benzene rings is 1. The number of nitrogens with zero attached hydrogens (tertiary/aromatic N) is 1. The third kappa shape index (κ3) is 4.78. The molecule has 0 radical (unpaired) electrons. The molecule has 118 valence electrons. The van der Waals surface area contributed by atoms with Gasteiger partial charge in [-0.15, -0.1) is 0 Å². The number of rotatable bonds is 5. The Morgan fingerprint density at radius 2 is 2.10 bits per heavy atom. The molecule has 1 aromatic carbocycles. The Labute approximate surface area is 144 Å². The van der Waals surface area contributed by atoms with Gasteiger partial charge in [0.1, 0.15) is 0 Å². The van der Waals surface area contributed by atoms with Gasteiger partial charge in [-0.05, 0) is 42.7 Å². The molecule has 0 saturated carbocycles. The summed E-state index contributed by atoms with van der Waals surface area (Å²) in [6, 6.07) is 8.28. The van der Waals surface area contributed by atoms with Crippen LogP contribution in [0.3, 0.4) is 0 Å². The first-order chi connectivity index (χ1) is 9.91. The molecule has 3 nitrogen and oxygen atoms in total. The van der Waals surface area contributed by atoms with Crippen molar-refractivity contribution in [2.75, 3.05) is 24.7 Å². The zero-order valence-electron chi connectivity index (χ0n) is 12.1. The molecule has 0 aliphatic carbocycles. The van der Waals surface area contributed by atoms with Crippen LogP contribution in [0.5, 0.6) is 0 Å². The van der Waals surface area contributed by atoms with Crippen molar-refractivity contribution in [3.8, 4) is 0 Å². The van der Waals surface area contributed by atoms with Crippen molar-refractivity contribution >= 4 is 41.9 Å². The second kappa shape index (κ2) is 7.57. The minimum absolute atomic E-state index is 0.407. The van der Waals surface area contributed by atoms with Crippen molar-refractivity contribution in [3.63, 3.8) is 0 Å². The zero-order chi connectivity index (χ0) is 15.5. The minimum Gasteiger partial charge on any atom is -0.213 e. The largest absolute Gasteiger partial charge is 0.213 e. The highest BCUT2D eigenvalue weighted by atomic mass is 79.9. The molecule has 0 amide bonds. The fraction of sp³-hybridized carbons (Fsp3) is 0.600. The van der Waals surface area contributed by atoms with Crippen molar-refractivity contribution < 1.29 is 8.42 Å². The van der Waals surface area contributed by atoms with Gasteiger partial charge in [-0.25, -0.2) is 12.7 Å². The number of halogens is 2. The lowest BCUT2D eigenvalue weighted by Gasteiger charge is -2.33. The minimum atomic E-state index is -3.06. The quantitative estimate of drug-likeness (QED) is 0.651. The van der Waals surface area contributed by atoms with Gasteiger partial charge in [0.25, 0.3) is 0 Å². The summed E-state index contributed by atoms with van der Waals surface area (Å²) in [5.74, 6) is 0.841. The van der Waals surface area contributed by atoms with Gasteiger partial charge in [0.15, 0.2) is 0 Å². The molecule has 0 N–H and O–H groups in total. The summed E-state index contributed by atoms with van der Waals surface area (Å²) in [6.45, 7) is 1.33. The Balaban J connectivity index is 2.07. The molecule has 1 saturated heterocycles. The predicted octanol–water partition coefficient (Wildman–Crippen LogP) is 3.99. The maximum atomic E-state index is 11.7. The first-order valence-corrected chi connectivity index (χ1v) is 10.9. The van der Waals surface area contributed by atoms with Crippen LogP contribution in [-0.2, 0) is 10.0 Å². The molecule has 1 aromatic rings. The summed E-state index contributed by atoms with van der Waals surface area (Å²) >= 11 is 7.23. The van der Waals surface area contributed by atoms with Crippen molar-refractivity contribution in [1.82, 2.24) is 4.31 Å². The number of hydrogen-bond donors (Lipinski definition) is 0. The number of piperidine rings is 1. The molecule has 1 heterocycles. The van der Waals surface area contributed by atoms with E-state index in [0.29, 0.717) is 24.9 Å². The average molecular weight is 439 g/mol. The van der Waals surface area contributed by atoms with E-state index in [9.17, 15) is 8.42 Å². The Morgan fingerprint density at radius 1 is 1.38 bits per heavy atom. The summed E-state index contributed by atoms with van der Waals surface area (Å²) in [5, 5.41) is 0.894. The highest BCUT2D eigenvalue weighted by molar-refractivity contribution is 9.10. The van der Waals surface area contributed by atoms with E-state index in [4.69, 9.17) is 0 Å². The van der Waals surface area contributed by atoms with Crippen molar-refractivity contribution in [1.29, 1.82) is 0 Å². The molecular formula is C15H21Br2NO2S. The molecule has 1 aliphatic heterocycles. The van der Waals surface area contributed by atoms with Gasteiger partial charge in [-0.2, -0.15) is 0 Å². The summed E-state index contributed by atoms with van der Waals surface area (Å²) in [4.78, 5) is 0. The SMILES string of the molecule is CS(=O)(=O)N1CCCC(CC(CBr)c2ccccc2Br)C1. The van der Waals surface area contributed by atoms with E-state index in [0.717, 1.165) is 29.1 Å². The van der Waals surface area contributed by atoms with Crippen molar-refractivity contribution in [3.05, 3.63) is 34.3 Å². The van der Waals surface area contributed by atoms with Crippen LogP contribution in [0, 0.1) is 5.92 Å². The summed E-state index contributed by atoms with van der Waals surface area (Å²) in [7, 11) is -3.06. The molecular weight excluding hydrogens is 418 g/mol. The molecule has 6 heteroatoms. The fourth-order valence-electron chi connectivity index (χ4n) is 3.00. The second-order valence-corrected chi connectivity index (χ2v) is 9.22. The molecule has 1 fully saturated rings. The number of sulfonamides is 1. The van der Waals surface area contributed by atoms with Crippen LogP contribution in [0.1, 0.15) is 30.7 Å². The third-order valence-electron chi connectivity index (χ3n) is 4.10. The Morgan fingerprint density at radius 3 is 2.71 bits per heavy atom. The van der Waals surface area contributed by atoms with Gasteiger partial charge < -0.3 is 0 Å². The van der Waals surface area contributed by atoms with Crippen LogP contribution in [-0.4, -0.2) is 37.4 Å². The first kappa shape index (κ1) is 17.4. The molecule has 1 aliphatic rings. The number of hydrogen-bond acceptors (Lipinski definition) is 2. The van der Waals surface area contributed by atoms with Crippen LogP contribution >= 0.6 is 31.9 Å². The van der Waals surface area contributed by atoms with Gasteiger partial charge in [-0.1, -0.05) is 50.1 Å². The maximum Gasteiger partial charge on any atom is 0.211 e. The van der Waals surface area contributed by atoms with Crippen molar-refractivity contribution in [2.45, 2.75) is 25.2 Å². The first-order valence-electron chi connectivity index (χ1n) is 7.17. The summed E-state index contributed by atoms with van der Waals surface area (Å²) < 4.78 is 26.2. The standard InChI is InChI=1S/C15H21Br2NO2S/c1-21(19,20)18-8-4-5-12(11-18)9-13(10-16)14-6-2-3-7-15(14)17/h2-3,6-7,12-13H,4-5,8-11H2,1H3. The van der Waals surface area contributed by atoms with Crippen molar-refractivity contribution in [2.24, 2.45) is 5.92 Å². The third-order valence-corrected chi connectivity index (χ3v) is 6.87. The lowest BCUT2D eigenvalue weighted by molar-refractivity contribution is 0.249. The van der Waals surface area contributed by atoms with E-state index < -0.39 is 10.0 Å². The zero-order valence-corrected chi connectivity index (χ0v) is 16.1. The normalized spacial score (nSPS) is 22.1. The van der Waals surface area contributed by atoms with Gasteiger partial charge in [0, 0.05) is 22.9 Å². The average Bonchev–Trinajstić information content (AvgIpc) is 2.45. The smallest absolute Gasteiger partial charge is 0.211 e. The molecule has 21 heavy (non-hydrogen) atoms. The lowest BCUT2D eigenvalue weighted by Crippen LogP contribution is -2.39. The van der Waals surface area contributed by atoms with Crippen LogP contribution in [0.25, 0.3) is 0 Å².